The number of morpholine rings is 1. The van der Waals surface area contributed by atoms with Crippen LogP contribution in [-0.4, -0.2) is 76.1 Å². The molecule has 3 aliphatic heterocycles. The topological polar surface area (TPSA) is 43.4 Å². The molecule has 3 heterocycles. The first-order chi connectivity index (χ1) is 13.3. The molecule has 2 fully saturated rings. The van der Waals surface area contributed by atoms with E-state index in [1.54, 1.807) is 7.11 Å². The number of piperidine rings is 1. The van der Waals surface area contributed by atoms with E-state index < -0.39 is 0 Å². The van der Waals surface area contributed by atoms with E-state index in [1.165, 1.54) is 24.9 Å². The maximum Gasteiger partial charge on any atom is 0.164 e. The molecule has 0 amide bonds. The van der Waals surface area contributed by atoms with Crippen molar-refractivity contribution in [2.24, 2.45) is 5.92 Å². The highest BCUT2D eigenvalue weighted by Gasteiger charge is 2.24. The van der Waals surface area contributed by atoms with Crippen LogP contribution < -0.4 is 14.2 Å². The molecule has 0 unspecified atom stereocenters. The summed E-state index contributed by atoms with van der Waals surface area (Å²) in [6.45, 7) is 9.81. The van der Waals surface area contributed by atoms with Gasteiger partial charge in [0, 0.05) is 44.2 Å². The number of nitrogens with zero attached hydrogens (tertiary/aromatic N) is 2. The molecule has 6 nitrogen and oxygen atoms in total. The van der Waals surface area contributed by atoms with Gasteiger partial charge in [-0.1, -0.05) is 0 Å². The molecule has 3 aliphatic rings. The van der Waals surface area contributed by atoms with Crippen molar-refractivity contribution in [2.45, 2.75) is 25.8 Å². The van der Waals surface area contributed by atoms with Crippen LogP contribution in [0.1, 0.15) is 24.8 Å². The van der Waals surface area contributed by atoms with Crippen molar-refractivity contribution in [1.82, 2.24) is 9.80 Å². The van der Waals surface area contributed by atoms with Gasteiger partial charge in [-0.3, -0.25) is 9.80 Å². The van der Waals surface area contributed by atoms with Crippen molar-refractivity contribution in [2.75, 3.05) is 66.3 Å². The van der Waals surface area contributed by atoms with E-state index in [9.17, 15) is 0 Å². The van der Waals surface area contributed by atoms with E-state index >= 15 is 0 Å². The van der Waals surface area contributed by atoms with Gasteiger partial charge in [0.2, 0.25) is 0 Å². The Morgan fingerprint density at radius 3 is 2.33 bits per heavy atom. The van der Waals surface area contributed by atoms with Crippen molar-refractivity contribution < 1.29 is 18.9 Å². The number of benzene rings is 1. The lowest BCUT2D eigenvalue weighted by Crippen LogP contribution is -2.42. The molecule has 27 heavy (non-hydrogen) atoms. The van der Waals surface area contributed by atoms with Crippen molar-refractivity contribution in [3.63, 3.8) is 0 Å². The average Bonchev–Trinajstić information content (AvgIpc) is 2.94. The molecule has 0 aliphatic carbocycles. The van der Waals surface area contributed by atoms with Crippen LogP contribution in [0.2, 0.25) is 0 Å². The van der Waals surface area contributed by atoms with Crippen molar-refractivity contribution in [3.8, 4) is 17.2 Å². The van der Waals surface area contributed by atoms with Crippen LogP contribution in [0.4, 0.5) is 0 Å². The molecule has 0 bridgehead atoms. The Kier molecular flexibility index (Phi) is 6.37. The van der Waals surface area contributed by atoms with Crippen LogP contribution in [-0.2, 0) is 11.3 Å². The molecule has 4 rings (SSSR count). The zero-order chi connectivity index (χ0) is 18.5. The second-order valence-electron chi connectivity index (χ2n) is 7.79. The Morgan fingerprint density at radius 1 is 0.926 bits per heavy atom. The third kappa shape index (κ3) is 4.86. The van der Waals surface area contributed by atoms with Crippen molar-refractivity contribution >= 4 is 0 Å². The molecular weight excluding hydrogens is 344 g/mol. The number of hydrogen-bond acceptors (Lipinski definition) is 6. The van der Waals surface area contributed by atoms with Gasteiger partial charge in [-0.05, 0) is 37.9 Å². The van der Waals surface area contributed by atoms with Gasteiger partial charge < -0.3 is 18.9 Å². The van der Waals surface area contributed by atoms with Crippen molar-refractivity contribution in [1.29, 1.82) is 0 Å². The predicted molar refractivity (Wildman–Crippen MR) is 104 cm³/mol. The fourth-order valence-corrected chi connectivity index (χ4v) is 4.26. The Balaban J connectivity index is 1.33. The SMILES string of the molecule is COc1cc2c(cc1CN1CCC(CN3CCOCC3)CC1)OCCCO2. The third-order valence-electron chi connectivity index (χ3n) is 5.87. The molecule has 2 saturated heterocycles. The second kappa shape index (κ2) is 9.13. The minimum Gasteiger partial charge on any atom is -0.496 e. The van der Waals surface area contributed by atoms with E-state index in [4.69, 9.17) is 18.9 Å². The predicted octanol–water partition coefficient (Wildman–Crippen LogP) is 2.40. The van der Waals surface area contributed by atoms with Crippen LogP contribution >= 0.6 is 0 Å². The Morgan fingerprint density at radius 2 is 1.63 bits per heavy atom. The number of fused-ring (bicyclic) bond motifs is 1. The highest BCUT2D eigenvalue weighted by Crippen LogP contribution is 2.37. The highest BCUT2D eigenvalue weighted by atomic mass is 16.5. The molecule has 0 spiro atoms. The Bertz CT molecular complexity index is 610. The molecule has 1 aromatic carbocycles. The summed E-state index contributed by atoms with van der Waals surface area (Å²) in [6, 6.07) is 4.10. The van der Waals surface area contributed by atoms with Gasteiger partial charge in [-0.15, -0.1) is 0 Å². The molecule has 0 radical (unpaired) electrons. The first-order valence-electron chi connectivity index (χ1n) is 10.3. The minimum atomic E-state index is 0.701. The minimum absolute atomic E-state index is 0.701. The zero-order valence-electron chi connectivity index (χ0n) is 16.5. The maximum absolute atomic E-state index is 5.86. The van der Waals surface area contributed by atoms with E-state index in [0.29, 0.717) is 13.2 Å². The summed E-state index contributed by atoms with van der Waals surface area (Å²) in [5.41, 5.74) is 1.19. The fourth-order valence-electron chi connectivity index (χ4n) is 4.26. The van der Waals surface area contributed by atoms with E-state index in [0.717, 1.165) is 75.5 Å². The van der Waals surface area contributed by atoms with Gasteiger partial charge in [0.05, 0.1) is 33.5 Å². The number of likely N-dealkylation sites (tertiary alicyclic amines) is 1. The smallest absolute Gasteiger partial charge is 0.164 e. The summed E-state index contributed by atoms with van der Waals surface area (Å²) in [7, 11) is 1.73. The van der Waals surface area contributed by atoms with E-state index in [-0.39, 0.29) is 0 Å². The summed E-state index contributed by atoms with van der Waals surface area (Å²) < 4.78 is 22.7. The van der Waals surface area contributed by atoms with Gasteiger partial charge in [0.15, 0.2) is 11.5 Å². The van der Waals surface area contributed by atoms with Crippen molar-refractivity contribution in [3.05, 3.63) is 17.7 Å². The summed E-state index contributed by atoms with van der Waals surface area (Å²) in [5.74, 6) is 3.36. The monoisotopic (exact) mass is 376 g/mol. The maximum atomic E-state index is 5.86. The van der Waals surface area contributed by atoms with Crippen LogP contribution in [0.15, 0.2) is 12.1 Å². The molecule has 1 aromatic rings. The standard InChI is InChI=1S/C21H32N2O4/c1-24-19-14-21-20(26-9-2-10-27-21)13-18(19)16-22-5-3-17(4-6-22)15-23-7-11-25-12-8-23/h13-14,17H,2-12,15-16H2,1H3. The fraction of sp³-hybridized carbons (Fsp3) is 0.714. The van der Waals surface area contributed by atoms with Crippen LogP contribution in [0.25, 0.3) is 0 Å². The quantitative estimate of drug-likeness (QED) is 0.786. The number of hydrogen-bond donors (Lipinski definition) is 0. The number of ether oxygens (including phenoxy) is 4. The Hall–Kier alpha value is -1.50. The zero-order valence-corrected chi connectivity index (χ0v) is 16.5. The molecule has 0 N–H and O–H groups in total. The Labute approximate surface area is 162 Å². The summed E-state index contributed by atoms with van der Waals surface area (Å²) in [5, 5.41) is 0. The van der Waals surface area contributed by atoms with Crippen LogP contribution in [0, 0.1) is 5.92 Å². The normalized spacial score (nSPS) is 22.4. The lowest BCUT2D eigenvalue weighted by atomic mass is 9.95. The molecule has 6 heteroatoms. The lowest BCUT2D eigenvalue weighted by molar-refractivity contribution is 0.0242. The highest BCUT2D eigenvalue weighted by molar-refractivity contribution is 5.51. The molecule has 0 atom stereocenters. The summed E-state index contributed by atoms with van der Waals surface area (Å²) >= 11 is 0. The molecular formula is C21H32N2O4. The first-order valence-corrected chi connectivity index (χ1v) is 10.3. The van der Waals surface area contributed by atoms with Gasteiger partial charge in [-0.25, -0.2) is 0 Å². The summed E-state index contributed by atoms with van der Waals surface area (Å²) in [4.78, 5) is 5.11. The average molecular weight is 376 g/mol. The second-order valence-corrected chi connectivity index (χ2v) is 7.79. The summed E-state index contributed by atoms with van der Waals surface area (Å²) in [6.07, 6.45) is 3.46. The van der Waals surface area contributed by atoms with Gasteiger partial charge in [0.25, 0.3) is 0 Å². The molecule has 150 valence electrons. The molecule has 0 saturated carbocycles. The van der Waals surface area contributed by atoms with E-state index in [2.05, 4.69) is 15.9 Å². The number of rotatable bonds is 5. The van der Waals surface area contributed by atoms with Gasteiger partial charge >= 0.3 is 0 Å². The largest absolute Gasteiger partial charge is 0.496 e. The van der Waals surface area contributed by atoms with Gasteiger partial charge in [0.1, 0.15) is 5.75 Å². The first kappa shape index (κ1) is 18.8. The van der Waals surface area contributed by atoms with E-state index in [1.807, 2.05) is 6.07 Å². The third-order valence-corrected chi connectivity index (χ3v) is 5.87. The van der Waals surface area contributed by atoms with Gasteiger partial charge in [-0.2, -0.15) is 0 Å². The number of methoxy groups -OCH3 is 1. The molecule has 0 aromatic heterocycles. The van der Waals surface area contributed by atoms with Crippen LogP contribution in [0.3, 0.4) is 0 Å². The van der Waals surface area contributed by atoms with Crippen LogP contribution in [0.5, 0.6) is 17.2 Å². The lowest BCUT2D eigenvalue weighted by Gasteiger charge is -2.36.